The van der Waals surface area contributed by atoms with Gasteiger partial charge in [0.05, 0.1) is 0 Å². The minimum atomic E-state index is -1.33. The van der Waals surface area contributed by atoms with Crippen molar-refractivity contribution in [3.8, 4) is 0 Å². The molecule has 0 amide bonds. The summed E-state index contributed by atoms with van der Waals surface area (Å²) in [4.78, 5) is 22.3. The number of halogens is 2. The van der Waals surface area contributed by atoms with Gasteiger partial charge < -0.3 is 9.52 Å². The average molecular weight is 252 g/mol. The van der Waals surface area contributed by atoms with Gasteiger partial charge in [-0.05, 0) is 24.3 Å². The minimum absolute atomic E-state index is 0.251. The molecular weight excluding hydrogens is 246 g/mol. The Hall–Kier alpha value is -2.50. The second kappa shape index (κ2) is 4.40. The third-order valence-electron chi connectivity index (χ3n) is 2.17. The fraction of sp³-hybridized carbons (Fsp3) is 0. The van der Waals surface area contributed by atoms with Gasteiger partial charge in [-0.15, -0.1) is 0 Å². The molecule has 0 bridgehead atoms. The number of furan rings is 1. The van der Waals surface area contributed by atoms with Crippen LogP contribution in [0.4, 0.5) is 8.78 Å². The van der Waals surface area contributed by atoms with E-state index in [-0.39, 0.29) is 11.3 Å². The van der Waals surface area contributed by atoms with Crippen molar-refractivity contribution in [2.45, 2.75) is 0 Å². The molecule has 0 aliphatic rings. The van der Waals surface area contributed by atoms with E-state index in [1.165, 1.54) is 0 Å². The van der Waals surface area contributed by atoms with Crippen molar-refractivity contribution in [2.75, 3.05) is 0 Å². The van der Waals surface area contributed by atoms with Crippen LogP contribution in [0.3, 0.4) is 0 Å². The molecule has 4 nitrogen and oxygen atoms in total. The number of hydrogen-bond acceptors (Lipinski definition) is 3. The van der Waals surface area contributed by atoms with Crippen LogP contribution in [0.15, 0.2) is 34.7 Å². The molecule has 0 unspecified atom stereocenters. The Morgan fingerprint density at radius 1 is 1.00 bits per heavy atom. The molecule has 2 rings (SSSR count). The fourth-order valence-corrected chi connectivity index (χ4v) is 1.40. The molecule has 0 atom stereocenters. The molecule has 0 aliphatic heterocycles. The topological polar surface area (TPSA) is 67.5 Å². The lowest BCUT2D eigenvalue weighted by molar-refractivity contribution is 0.0660. The van der Waals surface area contributed by atoms with E-state index < -0.39 is 29.1 Å². The Kier molecular flexibility index (Phi) is 2.93. The highest BCUT2D eigenvalue weighted by Gasteiger charge is 2.17. The van der Waals surface area contributed by atoms with Gasteiger partial charge in [0.1, 0.15) is 11.6 Å². The number of benzene rings is 1. The predicted molar refractivity (Wildman–Crippen MR) is 55.5 cm³/mol. The largest absolute Gasteiger partial charge is 0.475 e. The van der Waals surface area contributed by atoms with E-state index >= 15 is 0 Å². The molecular formula is C12H6F2O4. The maximum absolute atomic E-state index is 12.9. The van der Waals surface area contributed by atoms with E-state index in [2.05, 4.69) is 0 Å². The van der Waals surface area contributed by atoms with Gasteiger partial charge >= 0.3 is 5.97 Å². The van der Waals surface area contributed by atoms with E-state index in [1.54, 1.807) is 0 Å². The third-order valence-corrected chi connectivity index (χ3v) is 2.17. The molecule has 0 aliphatic carbocycles. The average Bonchev–Trinajstić information content (AvgIpc) is 2.75. The number of carboxylic acid groups (broad SMARTS) is 1. The number of ketones is 1. The van der Waals surface area contributed by atoms with Gasteiger partial charge in [-0.3, -0.25) is 4.79 Å². The highest BCUT2D eigenvalue weighted by Crippen LogP contribution is 2.16. The molecule has 0 saturated carbocycles. The second-order valence-corrected chi connectivity index (χ2v) is 3.46. The van der Waals surface area contributed by atoms with Crippen LogP contribution >= 0.6 is 0 Å². The van der Waals surface area contributed by atoms with E-state index in [0.717, 1.165) is 24.3 Å². The van der Waals surface area contributed by atoms with Gasteiger partial charge in [-0.1, -0.05) is 0 Å². The van der Waals surface area contributed by atoms with Crippen molar-refractivity contribution >= 4 is 11.8 Å². The molecule has 1 heterocycles. The van der Waals surface area contributed by atoms with Gasteiger partial charge in [0.15, 0.2) is 5.76 Å². The van der Waals surface area contributed by atoms with Crippen LogP contribution in [0.5, 0.6) is 0 Å². The van der Waals surface area contributed by atoms with E-state index in [4.69, 9.17) is 9.52 Å². The molecule has 1 aromatic heterocycles. The number of carboxylic acids is 1. The Balaban J connectivity index is 2.38. The SMILES string of the molecule is O=C(O)c1ccc(C(=O)c2cc(F)cc(F)c2)o1. The maximum atomic E-state index is 12.9. The van der Waals surface area contributed by atoms with Crippen LogP contribution in [-0.4, -0.2) is 16.9 Å². The second-order valence-electron chi connectivity index (χ2n) is 3.46. The van der Waals surface area contributed by atoms with Crippen LogP contribution in [-0.2, 0) is 0 Å². The first-order chi connectivity index (χ1) is 8.47. The summed E-state index contributed by atoms with van der Waals surface area (Å²) in [5.74, 6) is -4.64. The number of hydrogen-bond donors (Lipinski definition) is 1. The lowest BCUT2D eigenvalue weighted by Crippen LogP contribution is -2.01. The Morgan fingerprint density at radius 3 is 2.06 bits per heavy atom. The lowest BCUT2D eigenvalue weighted by Gasteiger charge is -1.98. The zero-order valence-electron chi connectivity index (χ0n) is 8.81. The Morgan fingerprint density at radius 2 is 1.56 bits per heavy atom. The van der Waals surface area contributed by atoms with Crippen LogP contribution in [0.2, 0.25) is 0 Å². The summed E-state index contributed by atoms with van der Waals surface area (Å²) < 4.78 is 30.6. The van der Waals surface area contributed by atoms with Crippen molar-refractivity contribution in [3.05, 3.63) is 59.1 Å². The third kappa shape index (κ3) is 2.27. The van der Waals surface area contributed by atoms with Gasteiger partial charge in [0.25, 0.3) is 0 Å². The van der Waals surface area contributed by atoms with Crippen LogP contribution in [0.1, 0.15) is 26.7 Å². The molecule has 6 heteroatoms. The smallest absolute Gasteiger partial charge is 0.371 e. The van der Waals surface area contributed by atoms with E-state index in [1.807, 2.05) is 0 Å². The predicted octanol–water partition coefficient (Wildman–Crippen LogP) is 2.49. The molecule has 1 aromatic carbocycles. The van der Waals surface area contributed by atoms with Crippen LogP contribution < -0.4 is 0 Å². The normalized spacial score (nSPS) is 10.3. The van der Waals surface area contributed by atoms with Crippen LogP contribution in [0, 0.1) is 11.6 Å². The summed E-state index contributed by atoms with van der Waals surface area (Å²) in [7, 11) is 0. The van der Waals surface area contributed by atoms with Gasteiger partial charge in [-0.2, -0.15) is 0 Å². The first kappa shape index (κ1) is 12.0. The first-order valence-corrected chi connectivity index (χ1v) is 4.81. The van der Waals surface area contributed by atoms with Crippen molar-refractivity contribution in [1.82, 2.24) is 0 Å². The maximum Gasteiger partial charge on any atom is 0.371 e. The molecule has 0 fully saturated rings. The molecule has 0 saturated heterocycles. The summed E-state index contributed by atoms with van der Waals surface area (Å²) in [5, 5.41) is 8.61. The zero-order valence-corrected chi connectivity index (χ0v) is 8.81. The van der Waals surface area contributed by atoms with E-state index in [9.17, 15) is 18.4 Å². The standard InChI is InChI=1S/C12H6F2O4/c13-7-3-6(4-8(14)5-7)11(15)9-1-2-10(18-9)12(16)17/h1-5H,(H,16,17). The number of rotatable bonds is 3. The van der Waals surface area contributed by atoms with Gasteiger partial charge in [0, 0.05) is 11.6 Å². The first-order valence-electron chi connectivity index (χ1n) is 4.81. The summed E-state index contributed by atoms with van der Waals surface area (Å²) in [5.41, 5.74) is -0.251. The monoisotopic (exact) mass is 252 g/mol. The van der Waals surface area contributed by atoms with E-state index in [0.29, 0.717) is 6.07 Å². The minimum Gasteiger partial charge on any atom is -0.475 e. The summed E-state index contributed by atoms with van der Waals surface area (Å²) in [6, 6.07) is 4.53. The van der Waals surface area contributed by atoms with Crippen molar-refractivity contribution in [2.24, 2.45) is 0 Å². The molecule has 1 N–H and O–H groups in total. The molecule has 0 radical (unpaired) electrons. The summed E-state index contributed by atoms with van der Waals surface area (Å²) in [6.07, 6.45) is 0. The molecule has 18 heavy (non-hydrogen) atoms. The number of carbonyl (C=O) groups is 2. The zero-order chi connectivity index (χ0) is 13.3. The number of carbonyl (C=O) groups excluding carboxylic acids is 1. The molecule has 2 aromatic rings. The quantitative estimate of drug-likeness (QED) is 0.852. The van der Waals surface area contributed by atoms with Crippen molar-refractivity contribution < 1.29 is 27.9 Å². The lowest BCUT2D eigenvalue weighted by atomic mass is 10.1. The van der Waals surface area contributed by atoms with Gasteiger partial charge in [-0.25, -0.2) is 13.6 Å². The van der Waals surface area contributed by atoms with Crippen molar-refractivity contribution in [1.29, 1.82) is 0 Å². The van der Waals surface area contributed by atoms with Crippen molar-refractivity contribution in [3.63, 3.8) is 0 Å². The Bertz CT molecular complexity index is 611. The highest BCUT2D eigenvalue weighted by molar-refractivity contribution is 6.07. The highest BCUT2D eigenvalue weighted by atomic mass is 19.1. The summed E-state index contributed by atoms with van der Waals surface area (Å²) in [6.45, 7) is 0. The Labute approximate surface area is 99.5 Å². The molecule has 0 spiro atoms. The fourth-order valence-electron chi connectivity index (χ4n) is 1.40. The summed E-state index contributed by atoms with van der Waals surface area (Å²) >= 11 is 0. The number of aromatic carboxylic acids is 1. The molecule has 92 valence electrons. The van der Waals surface area contributed by atoms with Crippen LogP contribution in [0.25, 0.3) is 0 Å². The van der Waals surface area contributed by atoms with Gasteiger partial charge in [0.2, 0.25) is 11.5 Å².